The highest BCUT2D eigenvalue weighted by atomic mass is 16.5. The third-order valence-corrected chi connectivity index (χ3v) is 3.10. The van der Waals surface area contributed by atoms with E-state index in [0.29, 0.717) is 11.3 Å². The molecule has 0 aromatic heterocycles. The van der Waals surface area contributed by atoms with Crippen LogP contribution in [0.5, 0.6) is 5.75 Å². The molecule has 0 aliphatic carbocycles. The lowest BCUT2D eigenvalue weighted by Crippen LogP contribution is -2.20. The molecule has 2 aromatic rings. The van der Waals surface area contributed by atoms with Crippen LogP contribution in [0.3, 0.4) is 0 Å². The molecule has 0 unspecified atom stereocenters. The number of nitrogens with one attached hydrogen (secondary N) is 1. The van der Waals surface area contributed by atoms with Crippen LogP contribution >= 0.6 is 0 Å². The van der Waals surface area contributed by atoms with Gasteiger partial charge in [0, 0.05) is 17.3 Å². The van der Waals surface area contributed by atoms with Gasteiger partial charge in [0.1, 0.15) is 5.75 Å². The second kappa shape index (κ2) is 7.79. The van der Waals surface area contributed by atoms with E-state index in [2.05, 4.69) is 5.32 Å². The third kappa shape index (κ3) is 5.00. The summed E-state index contributed by atoms with van der Waals surface area (Å²) in [5, 5.41) is 11.5. The van der Waals surface area contributed by atoms with Crippen LogP contribution in [0.1, 0.15) is 11.1 Å². The van der Waals surface area contributed by atoms with Crippen molar-refractivity contribution in [2.75, 3.05) is 11.9 Å². The van der Waals surface area contributed by atoms with Crippen LogP contribution in [0.4, 0.5) is 5.69 Å². The summed E-state index contributed by atoms with van der Waals surface area (Å²) in [6.45, 7) is 1.74. The Labute approximate surface area is 134 Å². The molecule has 0 saturated heterocycles. The highest BCUT2D eigenvalue weighted by molar-refractivity contribution is 5.92. The van der Waals surface area contributed by atoms with Crippen LogP contribution in [0.25, 0.3) is 6.08 Å². The van der Waals surface area contributed by atoms with Crippen molar-refractivity contribution in [3.8, 4) is 5.75 Å². The second-order valence-corrected chi connectivity index (χ2v) is 4.86. The smallest absolute Gasteiger partial charge is 0.328 e. The Balaban J connectivity index is 1.99. The van der Waals surface area contributed by atoms with Gasteiger partial charge in [-0.1, -0.05) is 36.4 Å². The number of hydrogen-bond donors (Lipinski definition) is 2. The lowest BCUT2D eigenvalue weighted by molar-refractivity contribution is -0.131. The summed E-state index contributed by atoms with van der Waals surface area (Å²) in [6, 6.07) is 14.4. The van der Waals surface area contributed by atoms with Crippen molar-refractivity contribution in [1.29, 1.82) is 0 Å². The van der Waals surface area contributed by atoms with E-state index in [1.54, 1.807) is 24.3 Å². The number of carboxylic acid groups (broad SMARTS) is 1. The topological polar surface area (TPSA) is 75.6 Å². The molecule has 2 N–H and O–H groups in total. The standard InChI is InChI=1S/C18H17NO4/c1-13-6-2-4-8-15(13)19-17(20)12-23-16-9-5-3-7-14(16)10-11-18(21)22/h2-11H,12H2,1H3,(H,19,20)(H,21,22). The summed E-state index contributed by atoms with van der Waals surface area (Å²) >= 11 is 0. The van der Waals surface area contributed by atoms with Gasteiger partial charge in [0.2, 0.25) is 0 Å². The Morgan fingerprint density at radius 2 is 1.83 bits per heavy atom. The number of aryl methyl sites for hydroxylation is 1. The number of anilines is 1. The maximum absolute atomic E-state index is 12.0. The van der Waals surface area contributed by atoms with Crippen molar-refractivity contribution in [3.63, 3.8) is 0 Å². The fourth-order valence-corrected chi connectivity index (χ4v) is 1.95. The van der Waals surface area contributed by atoms with Crippen LogP contribution in [0, 0.1) is 6.92 Å². The number of amides is 1. The van der Waals surface area contributed by atoms with Crippen LogP contribution in [0.15, 0.2) is 54.6 Å². The normalized spacial score (nSPS) is 10.5. The zero-order valence-electron chi connectivity index (χ0n) is 12.7. The molecule has 2 rings (SSSR count). The van der Waals surface area contributed by atoms with E-state index in [1.165, 1.54) is 6.08 Å². The highest BCUT2D eigenvalue weighted by Crippen LogP contribution is 2.19. The number of para-hydroxylation sites is 2. The summed E-state index contributed by atoms with van der Waals surface area (Å²) in [5.41, 5.74) is 2.30. The molecule has 0 atom stereocenters. The molecule has 0 fully saturated rings. The molecule has 0 aliphatic heterocycles. The number of rotatable bonds is 6. The summed E-state index contributed by atoms with van der Waals surface area (Å²) < 4.78 is 5.49. The predicted molar refractivity (Wildman–Crippen MR) is 88.4 cm³/mol. The Bertz CT molecular complexity index is 737. The predicted octanol–water partition coefficient (Wildman–Crippen LogP) is 3.11. The SMILES string of the molecule is Cc1ccccc1NC(=O)COc1ccccc1C=CC(=O)O. The number of ether oxygens (including phenoxy) is 1. The fraction of sp³-hybridized carbons (Fsp3) is 0.111. The van der Waals surface area contributed by atoms with Gasteiger partial charge in [-0.25, -0.2) is 4.79 Å². The summed E-state index contributed by atoms with van der Waals surface area (Å²) in [7, 11) is 0. The highest BCUT2D eigenvalue weighted by Gasteiger charge is 2.07. The number of carbonyl (C=O) groups excluding carboxylic acids is 1. The molecule has 0 aliphatic rings. The van der Waals surface area contributed by atoms with Crippen molar-refractivity contribution in [2.24, 2.45) is 0 Å². The molecule has 0 bridgehead atoms. The quantitative estimate of drug-likeness (QED) is 0.804. The molecule has 0 saturated carbocycles. The molecule has 2 aromatic carbocycles. The maximum Gasteiger partial charge on any atom is 0.328 e. The molecular weight excluding hydrogens is 294 g/mol. The Morgan fingerprint density at radius 3 is 2.57 bits per heavy atom. The van der Waals surface area contributed by atoms with Crippen molar-refractivity contribution in [2.45, 2.75) is 6.92 Å². The lowest BCUT2D eigenvalue weighted by Gasteiger charge is -2.11. The van der Waals surface area contributed by atoms with E-state index >= 15 is 0 Å². The van der Waals surface area contributed by atoms with E-state index in [4.69, 9.17) is 9.84 Å². The second-order valence-electron chi connectivity index (χ2n) is 4.86. The van der Waals surface area contributed by atoms with Gasteiger partial charge in [-0.15, -0.1) is 0 Å². The average Bonchev–Trinajstić information content (AvgIpc) is 2.54. The van der Waals surface area contributed by atoms with Gasteiger partial charge in [0.15, 0.2) is 6.61 Å². The Kier molecular flexibility index (Phi) is 5.52. The molecule has 0 radical (unpaired) electrons. The molecule has 5 nitrogen and oxygen atoms in total. The fourth-order valence-electron chi connectivity index (χ4n) is 1.95. The first-order valence-corrected chi connectivity index (χ1v) is 7.04. The number of carboxylic acids is 1. The summed E-state index contributed by atoms with van der Waals surface area (Å²) in [5.74, 6) is -0.877. The molecule has 1 amide bonds. The zero-order valence-corrected chi connectivity index (χ0v) is 12.7. The Morgan fingerprint density at radius 1 is 1.13 bits per heavy atom. The van der Waals surface area contributed by atoms with E-state index in [-0.39, 0.29) is 12.5 Å². The van der Waals surface area contributed by atoms with E-state index < -0.39 is 5.97 Å². The van der Waals surface area contributed by atoms with Gasteiger partial charge in [-0.2, -0.15) is 0 Å². The van der Waals surface area contributed by atoms with Gasteiger partial charge in [-0.05, 0) is 30.7 Å². The number of carbonyl (C=O) groups is 2. The third-order valence-electron chi connectivity index (χ3n) is 3.10. The molecule has 0 spiro atoms. The van der Waals surface area contributed by atoms with E-state index in [0.717, 1.165) is 17.3 Å². The van der Waals surface area contributed by atoms with E-state index in [1.807, 2.05) is 31.2 Å². The van der Waals surface area contributed by atoms with E-state index in [9.17, 15) is 9.59 Å². The minimum absolute atomic E-state index is 0.160. The average molecular weight is 311 g/mol. The first kappa shape index (κ1) is 16.3. The van der Waals surface area contributed by atoms with Gasteiger partial charge < -0.3 is 15.2 Å². The molecule has 118 valence electrons. The molecule has 23 heavy (non-hydrogen) atoms. The minimum atomic E-state index is -1.04. The molecule has 0 heterocycles. The van der Waals surface area contributed by atoms with Gasteiger partial charge >= 0.3 is 5.97 Å². The van der Waals surface area contributed by atoms with Crippen molar-refractivity contribution >= 4 is 23.6 Å². The first-order valence-electron chi connectivity index (χ1n) is 7.04. The van der Waals surface area contributed by atoms with Crippen LogP contribution in [-0.2, 0) is 9.59 Å². The first-order chi connectivity index (χ1) is 11.1. The number of aliphatic carboxylic acids is 1. The van der Waals surface area contributed by atoms with Crippen LogP contribution in [-0.4, -0.2) is 23.6 Å². The Hall–Kier alpha value is -3.08. The number of benzene rings is 2. The lowest BCUT2D eigenvalue weighted by atomic mass is 10.2. The zero-order chi connectivity index (χ0) is 16.7. The molecule has 5 heteroatoms. The minimum Gasteiger partial charge on any atom is -0.483 e. The molecular formula is C18H17NO4. The van der Waals surface area contributed by atoms with Crippen molar-refractivity contribution in [1.82, 2.24) is 0 Å². The van der Waals surface area contributed by atoms with Gasteiger partial charge in [0.05, 0.1) is 0 Å². The van der Waals surface area contributed by atoms with Gasteiger partial charge in [0.25, 0.3) is 5.91 Å². The maximum atomic E-state index is 12.0. The summed E-state index contributed by atoms with van der Waals surface area (Å²) in [6.07, 6.45) is 2.45. The van der Waals surface area contributed by atoms with Gasteiger partial charge in [-0.3, -0.25) is 4.79 Å². The monoisotopic (exact) mass is 311 g/mol. The van der Waals surface area contributed by atoms with Crippen molar-refractivity contribution in [3.05, 3.63) is 65.7 Å². The van der Waals surface area contributed by atoms with Crippen LogP contribution < -0.4 is 10.1 Å². The number of hydrogen-bond acceptors (Lipinski definition) is 3. The summed E-state index contributed by atoms with van der Waals surface area (Å²) in [4.78, 5) is 22.6. The largest absolute Gasteiger partial charge is 0.483 e. The van der Waals surface area contributed by atoms with Crippen molar-refractivity contribution < 1.29 is 19.4 Å². The van der Waals surface area contributed by atoms with Crippen LogP contribution in [0.2, 0.25) is 0 Å².